The van der Waals surface area contributed by atoms with E-state index in [1.165, 1.54) is 17.9 Å². The van der Waals surface area contributed by atoms with E-state index in [2.05, 4.69) is 16.0 Å². The molecule has 0 fully saturated rings. The van der Waals surface area contributed by atoms with Gasteiger partial charge in [-0.2, -0.15) is 0 Å². The van der Waals surface area contributed by atoms with Gasteiger partial charge in [0, 0.05) is 50.2 Å². The molecule has 9 nitrogen and oxygen atoms in total. The highest BCUT2D eigenvalue weighted by molar-refractivity contribution is 7.09. The molecule has 4 heterocycles. The van der Waals surface area contributed by atoms with Crippen LogP contribution in [0.1, 0.15) is 17.0 Å². The van der Waals surface area contributed by atoms with Crippen LogP contribution in [-0.2, 0) is 31.9 Å². The number of hydrogen-bond donors (Lipinski definition) is 0. The van der Waals surface area contributed by atoms with E-state index < -0.39 is 11.2 Å². The van der Waals surface area contributed by atoms with Crippen molar-refractivity contribution in [2.75, 3.05) is 11.4 Å². The zero-order valence-electron chi connectivity index (χ0n) is 18.0. The molecule has 0 saturated heterocycles. The Morgan fingerprint density at radius 2 is 2.00 bits per heavy atom. The van der Waals surface area contributed by atoms with E-state index in [-0.39, 0.29) is 12.3 Å². The number of rotatable bonds is 4. The van der Waals surface area contributed by atoms with Gasteiger partial charge in [0.05, 0.1) is 17.0 Å². The highest BCUT2D eigenvalue weighted by Gasteiger charge is 2.25. The van der Waals surface area contributed by atoms with Crippen LogP contribution in [0.4, 0.5) is 5.69 Å². The van der Waals surface area contributed by atoms with Gasteiger partial charge in [-0.25, -0.2) is 14.8 Å². The van der Waals surface area contributed by atoms with E-state index in [4.69, 9.17) is 0 Å². The van der Waals surface area contributed by atoms with Crippen molar-refractivity contribution >= 4 is 34.1 Å². The third kappa shape index (κ3) is 3.18. The maximum absolute atomic E-state index is 13.0. The van der Waals surface area contributed by atoms with Crippen molar-refractivity contribution in [2.45, 2.75) is 26.3 Å². The molecule has 1 amide bonds. The van der Waals surface area contributed by atoms with Crippen molar-refractivity contribution in [3.8, 4) is 11.3 Å². The number of imidazole rings is 1. The SMILES string of the molecule is Cc1nc(-c2ccc3c(c2)CCN3C(=O)CCn2cnc3c2c(=O)n(C)c(=O)n3C)cs1. The molecule has 1 aliphatic rings. The van der Waals surface area contributed by atoms with E-state index >= 15 is 0 Å². The van der Waals surface area contributed by atoms with Crippen LogP contribution in [0.2, 0.25) is 0 Å². The quantitative estimate of drug-likeness (QED) is 0.473. The summed E-state index contributed by atoms with van der Waals surface area (Å²) in [6.45, 7) is 2.93. The lowest BCUT2D eigenvalue weighted by Gasteiger charge is -2.18. The summed E-state index contributed by atoms with van der Waals surface area (Å²) in [7, 11) is 3.02. The fraction of sp³-hybridized carbons (Fsp3) is 0.318. The zero-order chi connectivity index (χ0) is 22.6. The molecule has 1 aliphatic heterocycles. The molecule has 5 rings (SSSR count). The molecule has 0 unspecified atom stereocenters. The number of nitrogens with zero attached hydrogens (tertiary/aromatic N) is 6. The van der Waals surface area contributed by atoms with Crippen LogP contribution in [0.15, 0.2) is 39.5 Å². The first-order chi connectivity index (χ1) is 15.3. The summed E-state index contributed by atoms with van der Waals surface area (Å²) in [4.78, 5) is 48.3. The number of carbonyl (C=O) groups is 1. The van der Waals surface area contributed by atoms with E-state index in [0.717, 1.165) is 38.5 Å². The lowest BCUT2D eigenvalue weighted by Crippen LogP contribution is -2.37. The van der Waals surface area contributed by atoms with Gasteiger partial charge in [0.1, 0.15) is 0 Å². The molecular weight excluding hydrogens is 428 g/mol. The summed E-state index contributed by atoms with van der Waals surface area (Å²) in [5, 5.41) is 3.07. The first-order valence-corrected chi connectivity index (χ1v) is 11.2. The third-order valence-corrected chi connectivity index (χ3v) is 6.75. The van der Waals surface area contributed by atoms with Crippen molar-refractivity contribution in [2.24, 2.45) is 14.1 Å². The molecule has 0 atom stereocenters. The van der Waals surface area contributed by atoms with Gasteiger partial charge < -0.3 is 9.47 Å². The van der Waals surface area contributed by atoms with Crippen molar-refractivity contribution in [1.29, 1.82) is 0 Å². The minimum Gasteiger partial charge on any atom is -0.324 e. The van der Waals surface area contributed by atoms with Crippen LogP contribution < -0.4 is 16.1 Å². The maximum Gasteiger partial charge on any atom is 0.332 e. The topological polar surface area (TPSA) is 95.0 Å². The molecule has 0 saturated carbocycles. The zero-order valence-corrected chi connectivity index (χ0v) is 18.8. The van der Waals surface area contributed by atoms with Gasteiger partial charge in [0.15, 0.2) is 11.2 Å². The number of amides is 1. The summed E-state index contributed by atoms with van der Waals surface area (Å²) in [6.07, 6.45) is 2.54. The Labute approximate surface area is 187 Å². The third-order valence-electron chi connectivity index (χ3n) is 5.97. The molecule has 4 aromatic rings. The number of benzene rings is 1. The molecule has 0 radical (unpaired) electrons. The van der Waals surface area contributed by atoms with Gasteiger partial charge >= 0.3 is 5.69 Å². The highest BCUT2D eigenvalue weighted by Crippen LogP contribution is 2.33. The Bertz CT molecular complexity index is 1490. The molecule has 0 aliphatic carbocycles. The van der Waals surface area contributed by atoms with Gasteiger partial charge in [-0.15, -0.1) is 11.3 Å². The fourth-order valence-corrected chi connectivity index (χ4v) is 4.86. The van der Waals surface area contributed by atoms with Crippen LogP contribution in [-0.4, -0.2) is 36.1 Å². The van der Waals surface area contributed by atoms with Gasteiger partial charge in [-0.1, -0.05) is 6.07 Å². The van der Waals surface area contributed by atoms with Gasteiger partial charge in [0.25, 0.3) is 5.56 Å². The molecule has 3 aromatic heterocycles. The lowest BCUT2D eigenvalue weighted by molar-refractivity contribution is -0.118. The Morgan fingerprint density at radius 1 is 1.19 bits per heavy atom. The summed E-state index contributed by atoms with van der Waals surface area (Å²) < 4.78 is 4.05. The monoisotopic (exact) mass is 450 g/mol. The molecule has 10 heteroatoms. The molecule has 1 aromatic carbocycles. The summed E-state index contributed by atoms with van der Waals surface area (Å²) in [6, 6.07) is 6.11. The highest BCUT2D eigenvalue weighted by atomic mass is 32.1. The van der Waals surface area contributed by atoms with Crippen molar-refractivity contribution in [1.82, 2.24) is 23.7 Å². The van der Waals surface area contributed by atoms with Crippen LogP contribution in [0.3, 0.4) is 0 Å². The second-order valence-corrected chi connectivity index (χ2v) is 9.02. The number of hydrogen-bond acceptors (Lipinski definition) is 6. The largest absolute Gasteiger partial charge is 0.332 e. The minimum absolute atomic E-state index is 0.00973. The number of aromatic nitrogens is 5. The Hall–Kier alpha value is -3.53. The van der Waals surface area contributed by atoms with Crippen LogP contribution in [0, 0.1) is 6.92 Å². The van der Waals surface area contributed by atoms with Gasteiger partial charge in [-0.05, 0) is 31.0 Å². The van der Waals surface area contributed by atoms with Crippen LogP contribution in [0.25, 0.3) is 22.4 Å². The normalized spacial score (nSPS) is 13.2. The molecule has 0 bridgehead atoms. The van der Waals surface area contributed by atoms with Crippen molar-refractivity contribution in [3.63, 3.8) is 0 Å². The van der Waals surface area contributed by atoms with E-state index in [1.54, 1.807) is 27.9 Å². The minimum atomic E-state index is -0.426. The molecule has 32 heavy (non-hydrogen) atoms. The van der Waals surface area contributed by atoms with E-state index in [9.17, 15) is 14.4 Å². The number of fused-ring (bicyclic) bond motifs is 2. The second-order valence-electron chi connectivity index (χ2n) is 7.96. The molecular formula is C22H22N6O3S. The van der Waals surface area contributed by atoms with E-state index in [0.29, 0.717) is 24.3 Å². The van der Waals surface area contributed by atoms with Crippen LogP contribution >= 0.6 is 11.3 Å². The van der Waals surface area contributed by atoms with Crippen LogP contribution in [0.5, 0.6) is 0 Å². The number of thiazole rings is 1. The van der Waals surface area contributed by atoms with Crippen molar-refractivity contribution < 1.29 is 4.79 Å². The second kappa shape index (κ2) is 7.56. The summed E-state index contributed by atoms with van der Waals surface area (Å²) in [5.41, 5.74) is 3.90. The van der Waals surface area contributed by atoms with Crippen molar-refractivity contribution in [3.05, 3.63) is 61.3 Å². The van der Waals surface area contributed by atoms with Gasteiger partial charge in [-0.3, -0.25) is 18.7 Å². The van der Waals surface area contributed by atoms with E-state index in [1.807, 2.05) is 24.4 Å². The summed E-state index contributed by atoms with van der Waals surface area (Å²) in [5.74, 6) is -0.00973. The number of anilines is 1. The first kappa shape index (κ1) is 20.4. The van der Waals surface area contributed by atoms with Gasteiger partial charge in [0.2, 0.25) is 5.91 Å². The standard InChI is InChI=1S/C22H22N6O3S/c1-13-24-16(11-32-13)14-4-5-17-15(10-14)6-9-28(17)18(29)7-8-27-12-23-20-19(27)21(30)26(3)22(31)25(20)2/h4-5,10-12H,6-9H2,1-3H3. The average Bonchev–Trinajstić information content (AvgIpc) is 3.52. The Kier molecular flexibility index (Phi) is 4.81. The maximum atomic E-state index is 13.0. The average molecular weight is 451 g/mol. The number of carbonyl (C=O) groups excluding carboxylic acids is 1. The Balaban J connectivity index is 1.37. The predicted octanol–water partition coefficient (Wildman–Crippen LogP) is 1.85. The lowest BCUT2D eigenvalue weighted by atomic mass is 10.1. The smallest absolute Gasteiger partial charge is 0.324 e. The first-order valence-electron chi connectivity index (χ1n) is 10.3. The molecule has 0 N–H and O–H groups in total. The fourth-order valence-electron chi connectivity index (χ4n) is 4.23. The number of aryl methyl sites for hydroxylation is 3. The predicted molar refractivity (Wildman–Crippen MR) is 123 cm³/mol. The Morgan fingerprint density at radius 3 is 2.75 bits per heavy atom. The molecule has 0 spiro atoms. The summed E-state index contributed by atoms with van der Waals surface area (Å²) >= 11 is 1.62. The molecule has 164 valence electrons.